The lowest BCUT2D eigenvalue weighted by Crippen LogP contribution is -2.36. The van der Waals surface area contributed by atoms with Gasteiger partial charge in [-0.15, -0.1) is 0 Å². The zero-order valence-corrected chi connectivity index (χ0v) is 11.3. The van der Waals surface area contributed by atoms with Crippen molar-refractivity contribution in [3.8, 4) is 0 Å². The molecular formula is C12H11F5O3S. The third kappa shape index (κ3) is 3.03. The van der Waals surface area contributed by atoms with E-state index in [0.29, 0.717) is 0 Å². The molecular weight excluding hydrogens is 319 g/mol. The summed E-state index contributed by atoms with van der Waals surface area (Å²) in [5.41, 5.74) is -0.561. The Bertz CT molecular complexity index is 654. The number of sulfone groups is 1. The molecule has 118 valence electrons. The maximum Gasteiger partial charge on any atom is 0.415 e. The van der Waals surface area contributed by atoms with Crippen molar-refractivity contribution in [2.75, 3.05) is 5.75 Å². The molecule has 2 unspecified atom stereocenters. The van der Waals surface area contributed by atoms with Crippen molar-refractivity contribution in [1.82, 2.24) is 0 Å². The van der Waals surface area contributed by atoms with Crippen LogP contribution in [0, 0.1) is 11.6 Å². The SMILES string of the molecule is O=S(=O)(CC(O)C(F)(F)F)C1CCc2c(F)ccc(F)c21. The highest BCUT2D eigenvalue weighted by Gasteiger charge is 2.45. The summed E-state index contributed by atoms with van der Waals surface area (Å²) >= 11 is 0. The smallest absolute Gasteiger partial charge is 0.383 e. The van der Waals surface area contributed by atoms with Crippen LogP contribution in [0.25, 0.3) is 0 Å². The largest absolute Gasteiger partial charge is 0.415 e. The monoisotopic (exact) mass is 330 g/mol. The van der Waals surface area contributed by atoms with Gasteiger partial charge in [0.15, 0.2) is 15.9 Å². The summed E-state index contributed by atoms with van der Waals surface area (Å²) in [6.07, 6.45) is -8.43. The summed E-state index contributed by atoms with van der Waals surface area (Å²) in [6.45, 7) is 0. The third-order valence-corrected chi connectivity index (χ3v) is 5.55. The Balaban J connectivity index is 2.36. The van der Waals surface area contributed by atoms with Crippen LogP contribution in [0.4, 0.5) is 22.0 Å². The number of aliphatic hydroxyl groups is 1. The summed E-state index contributed by atoms with van der Waals surface area (Å²) in [4.78, 5) is 0. The number of fused-ring (bicyclic) bond motifs is 1. The molecule has 9 heteroatoms. The van der Waals surface area contributed by atoms with E-state index in [-0.39, 0.29) is 18.4 Å². The van der Waals surface area contributed by atoms with Crippen molar-refractivity contribution < 1.29 is 35.5 Å². The lowest BCUT2D eigenvalue weighted by atomic mass is 10.1. The van der Waals surface area contributed by atoms with E-state index in [2.05, 4.69) is 0 Å². The fraction of sp³-hybridized carbons (Fsp3) is 0.500. The van der Waals surface area contributed by atoms with Gasteiger partial charge in [0.05, 0.1) is 11.0 Å². The van der Waals surface area contributed by atoms with E-state index >= 15 is 0 Å². The third-order valence-electron chi connectivity index (χ3n) is 3.43. The number of halogens is 5. The summed E-state index contributed by atoms with van der Waals surface area (Å²) in [5, 5.41) is 7.31. The second kappa shape index (κ2) is 5.20. The van der Waals surface area contributed by atoms with Gasteiger partial charge in [-0.2, -0.15) is 13.2 Å². The molecule has 0 spiro atoms. The van der Waals surface area contributed by atoms with Crippen LogP contribution < -0.4 is 0 Å². The van der Waals surface area contributed by atoms with E-state index in [4.69, 9.17) is 5.11 Å². The number of rotatable bonds is 3. The van der Waals surface area contributed by atoms with E-state index in [9.17, 15) is 30.4 Å². The van der Waals surface area contributed by atoms with Gasteiger partial charge in [-0.05, 0) is 30.5 Å². The topological polar surface area (TPSA) is 54.4 Å². The summed E-state index contributed by atoms with van der Waals surface area (Å²) in [5.74, 6) is -3.34. The van der Waals surface area contributed by atoms with E-state index in [1.54, 1.807) is 0 Å². The highest BCUT2D eigenvalue weighted by atomic mass is 32.2. The van der Waals surface area contributed by atoms with E-state index < -0.39 is 50.3 Å². The Morgan fingerprint density at radius 2 is 1.81 bits per heavy atom. The molecule has 1 aromatic rings. The van der Waals surface area contributed by atoms with Gasteiger partial charge in [0.1, 0.15) is 11.6 Å². The van der Waals surface area contributed by atoms with Crippen molar-refractivity contribution in [1.29, 1.82) is 0 Å². The fourth-order valence-corrected chi connectivity index (χ4v) is 4.37. The molecule has 1 N–H and O–H groups in total. The van der Waals surface area contributed by atoms with Crippen LogP contribution in [0.3, 0.4) is 0 Å². The van der Waals surface area contributed by atoms with Crippen molar-refractivity contribution in [3.63, 3.8) is 0 Å². The van der Waals surface area contributed by atoms with Crippen molar-refractivity contribution >= 4 is 9.84 Å². The van der Waals surface area contributed by atoms with E-state index in [1.165, 1.54) is 0 Å². The predicted octanol–water partition coefficient (Wildman–Crippen LogP) is 2.29. The number of alkyl halides is 3. The zero-order valence-electron chi connectivity index (χ0n) is 10.5. The van der Waals surface area contributed by atoms with Crippen molar-refractivity contribution in [2.45, 2.75) is 30.4 Å². The number of hydrogen-bond donors (Lipinski definition) is 1. The zero-order chi connectivity index (χ0) is 16.0. The molecule has 1 aliphatic rings. The first kappa shape index (κ1) is 16.2. The van der Waals surface area contributed by atoms with Crippen LogP contribution in [0.5, 0.6) is 0 Å². The quantitative estimate of drug-likeness (QED) is 0.865. The molecule has 1 aliphatic carbocycles. The van der Waals surface area contributed by atoms with Gasteiger partial charge in [0.25, 0.3) is 0 Å². The lowest BCUT2D eigenvalue weighted by molar-refractivity contribution is -0.196. The Hall–Kier alpha value is -1.22. The molecule has 3 nitrogen and oxygen atoms in total. The Labute approximate surface area is 117 Å². The molecule has 0 saturated heterocycles. The van der Waals surface area contributed by atoms with Crippen molar-refractivity contribution in [3.05, 3.63) is 34.9 Å². The van der Waals surface area contributed by atoms with Crippen LogP contribution in [0.15, 0.2) is 12.1 Å². The molecule has 0 aliphatic heterocycles. The highest BCUT2D eigenvalue weighted by molar-refractivity contribution is 7.91. The number of hydrogen-bond acceptors (Lipinski definition) is 3. The molecule has 2 rings (SSSR count). The molecule has 0 saturated carbocycles. The average molecular weight is 330 g/mol. The van der Waals surface area contributed by atoms with E-state index in [1.807, 2.05) is 0 Å². The second-order valence-electron chi connectivity index (χ2n) is 4.84. The molecule has 0 bridgehead atoms. The van der Waals surface area contributed by atoms with Crippen molar-refractivity contribution in [2.24, 2.45) is 0 Å². The Kier molecular flexibility index (Phi) is 4.00. The molecule has 0 amide bonds. The van der Waals surface area contributed by atoms with Gasteiger partial charge in [-0.25, -0.2) is 17.2 Å². The van der Waals surface area contributed by atoms with Crippen LogP contribution in [-0.4, -0.2) is 31.6 Å². The molecule has 0 heterocycles. The maximum atomic E-state index is 13.7. The Morgan fingerprint density at radius 3 is 2.38 bits per heavy atom. The standard InChI is InChI=1S/C12H11F5O3S/c13-7-2-3-8(14)11-6(7)1-4-9(11)21(19,20)5-10(18)12(15,16)17/h2-3,9-10,18H,1,4-5H2. The summed E-state index contributed by atoms with van der Waals surface area (Å²) in [7, 11) is -4.47. The summed E-state index contributed by atoms with van der Waals surface area (Å²) in [6, 6.07) is 1.58. The first-order valence-corrected chi connectivity index (χ1v) is 7.68. The second-order valence-corrected chi connectivity index (χ2v) is 7.06. The van der Waals surface area contributed by atoms with Gasteiger partial charge in [-0.1, -0.05) is 0 Å². The molecule has 0 fully saturated rings. The normalized spacial score (nSPS) is 20.4. The van der Waals surface area contributed by atoms with Gasteiger partial charge >= 0.3 is 6.18 Å². The molecule has 0 radical (unpaired) electrons. The minimum Gasteiger partial charge on any atom is -0.383 e. The van der Waals surface area contributed by atoms with Crippen LogP contribution in [0.2, 0.25) is 0 Å². The van der Waals surface area contributed by atoms with Crippen LogP contribution >= 0.6 is 0 Å². The van der Waals surface area contributed by atoms with Gasteiger partial charge in [0.2, 0.25) is 0 Å². The molecule has 2 atom stereocenters. The highest BCUT2D eigenvalue weighted by Crippen LogP contribution is 2.41. The Morgan fingerprint density at radius 1 is 1.24 bits per heavy atom. The average Bonchev–Trinajstić information content (AvgIpc) is 2.78. The summed E-state index contributed by atoms with van der Waals surface area (Å²) < 4.78 is 87.9. The molecule has 21 heavy (non-hydrogen) atoms. The molecule has 1 aromatic carbocycles. The first-order chi connectivity index (χ1) is 9.54. The van der Waals surface area contributed by atoms with E-state index in [0.717, 1.165) is 12.1 Å². The number of benzene rings is 1. The number of aliphatic hydroxyl groups excluding tert-OH is 1. The fourth-order valence-electron chi connectivity index (χ4n) is 2.42. The molecule has 0 aromatic heterocycles. The minimum atomic E-state index is -5.09. The van der Waals surface area contributed by atoms with Gasteiger partial charge in [-0.3, -0.25) is 0 Å². The maximum absolute atomic E-state index is 13.7. The van der Waals surface area contributed by atoms with Crippen LogP contribution in [-0.2, 0) is 16.3 Å². The van der Waals surface area contributed by atoms with Gasteiger partial charge < -0.3 is 5.11 Å². The van der Waals surface area contributed by atoms with Crippen LogP contribution in [0.1, 0.15) is 22.8 Å². The lowest BCUT2D eigenvalue weighted by Gasteiger charge is -2.18. The first-order valence-electron chi connectivity index (χ1n) is 5.97. The predicted molar refractivity (Wildman–Crippen MR) is 63.3 cm³/mol. The van der Waals surface area contributed by atoms with Gasteiger partial charge in [0, 0.05) is 5.56 Å². The minimum absolute atomic E-state index is 0.0784.